The number of ketones is 1. The molecule has 1 aliphatic carbocycles. The van der Waals surface area contributed by atoms with Crippen LogP contribution in [0.1, 0.15) is 32.7 Å². The number of ether oxygens (including phenoxy) is 2. The second-order valence-corrected chi connectivity index (χ2v) is 11.6. The first-order valence-corrected chi connectivity index (χ1v) is 15.1. The average molecular weight is 635 g/mol. The van der Waals surface area contributed by atoms with Gasteiger partial charge in [0, 0.05) is 36.8 Å². The molecule has 3 heterocycles. The van der Waals surface area contributed by atoms with Crippen molar-refractivity contribution in [3.05, 3.63) is 127 Å². The molecular formula is C35H31FN6O5. The molecule has 0 unspecified atom stereocenters. The second kappa shape index (κ2) is 11.9. The number of carbonyl (C=O) groups excluding carboxylic acids is 1. The number of nitrogen functional groups attached to an aromatic ring is 1. The summed E-state index contributed by atoms with van der Waals surface area (Å²) in [5, 5.41) is 4.43. The normalized spacial score (nSPS) is 14.2. The lowest BCUT2D eigenvalue weighted by Crippen LogP contribution is -2.38. The molecule has 47 heavy (non-hydrogen) atoms. The number of fused-ring (bicyclic) bond motifs is 1. The van der Waals surface area contributed by atoms with Gasteiger partial charge in [-0.25, -0.2) is 13.9 Å². The third-order valence-electron chi connectivity index (χ3n) is 8.47. The largest absolute Gasteiger partial charge is 0.454 e. The summed E-state index contributed by atoms with van der Waals surface area (Å²) in [7, 11) is 0. The van der Waals surface area contributed by atoms with Gasteiger partial charge in [-0.15, -0.1) is 0 Å². The zero-order chi connectivity index (χ0) is 32.8. The van der Waals surface area contributed by atoms with E-state index < -0.39 is 17.1 Å². The van der Waals surface area contributed by atoms with Gasteiger partial charge in [0.2, 0.25) is 0 Å². The van der Waals surface area contributed by atoms with Crippen LogP contribution in [0.15, 0.2) is 82.0 Å². The number of morpholine rings is 1. The quantitative estimate of drug-likeness (QED) is 0.250. The van der Waals surface area contributed by atoms with Crippen LogP contribution in [0.25, 0.3) is 17.5 Å². The number of hydrogen-bond donors (Lipinski definition) is 2. The second-order valence-electron chi connectivity index (χ2n) is 11.6. The minimum Gasteiger partial charge on any atom is -0.454 e. The number of nitrogens with zero attached hydrogens (tertiary/aromatic N) is 4. The Morgan fingerprint density at radius 2 is 1.79 bits per heavy atom. The molecular weight excluding hydrogens is 603 g/mol. The Labute approximate surface area is 268 Å². The van der Waals surface area contributed by atoms with Crippen LogP contribution in [0.4, 0.5) is 15.9 Å². The van der Waals surface area contributed by atoms with Crippen LogP contribution in [0, 0.1) is 19.7 Å². The smallest absolute Gasteiger partial charge is 0.333 e. The summed E-state index contributed by atoms with van der Waals surface area (Å²) < 4.78 is 28.3. The zero-order valence-electron chi connectivity index (χ0n) is 25.7. The number of aromatic nitrogens is 4. The first kappa shape index (κ1) is 29.9. The highest BCUT2D eigenvalue weighted by atomic mass is 19.1. The molecule has 0 radical (unpaired) electrons. The molecule has 2 aromatic heterocycles. The Balaban J connectivity index is 1.19. The van der Waals surface area contributed by atoms with Crippen LogP contribution in [-0.2, 0) is 11.2 Å². The van der Waals surface area contributed by atoms with Gasteiger partial charge in [-0.3, -0.25) is 19.1 Å². The first-order chi connectivity index (χ1) is 22.7. The van der Waals surface area contributed by atoms with E-state index in [4.69, 9.17) is 15.2 Å². The van der Waals surface area contributed by atoms with Gasteiger partial charge in [-0.2, -0.15) is 5.10 Å². The lowest BCUT2D eigenvalue weighted by molar-refractivity contribution is 0.103. The van der Waals surface area contributed by atoms with Gasteiger partial charge >= 0.3 is 5.69 Å². The van der Waals surface area contributed by atoms with Crippen LogP contribution in [0.5, 0.6) is 11.5 Å². The molecule has 2 aliphatic rings. The van der Waals surface area contributed by atoms with E-state index in [1.165, 1.54) is 27.6 Å². The average Bonchev–Trinajstić information content (AvgIpc) is 3.64. The predicted molar refractivity (Wildman–Crippen MR) is 176 cm³/mol. The number of allylic oxidation sites excluding steroid dienone is 1. The van der Waals surface area contributed by atoms with E-state index in [-0.39, 0.29) is 22.9 Å². The number of hydrogen-bond acceptors (Lipinski definition) is 8. The molecule has 11 nitrogen and oxygen atoms in total. The van der Waals surface area contributed by atoms with Crippen molar-refractivity contribution in [1.82, 2.24) is 19.3 Å². The Hall–Kier alpha value is -5.75. The number of nitrogens with one attached hydrogen (secondary N) is 1. The number of rotatable bonds is 7. The summed E-state index contributed by atoms with van der Waals surface area (Å²) in [4.78, 5) is 43.3. The van der Waals surface area contributed by atoms with E-state index in [0.29, 0.717) is 61.1 Å². The molecule has 0 spiro atoms. The zero-order valence-corrected chi connectivity index (χ0v) is 25.7. The molecule has 1 fully saturated rings. The highest BCUT2D eigenvalue weighted by molar-refractivity contribution is 6.15. The van der Waals surface area contributed by atoms with Crippen LogP contribution < -0.4 is 26.6 Å². The standard InChI is InChI=1S/C35H31FN6O5/c1-20-13-25(47-31-6-4-3-5-27(31)36)7-8-28(20)42-34(37)26(19-38-42)33(44)24-15-22-17-29(40-9-11-46-12-10-40)30(18-23(22)16-24)41-21(2)14-32(43)39-35(41)45/h3-8,13-15,17-19H,9-12,16,37H2,1-2H3,(H,39,43,45). The summed E-state index contributed by atoms with van der Waals surface area (Å²) in [6.45, 7) is 5.90. The van der Waals surface area contributed by atoms with Gasteiger partial charge in [-0.05, 0) is 79.1 Å². The van der Waals surface area contributed by atoms with Crippen molar-refractivity contribution in [2.24, 2.45) is 0 Å². The maximum atomic E-state index is 14.1. The SMILES string of the molecule is Cc1cc(Oc2ccccc2F)ccc1-n1ncc(C(=O)C2=Cc3cc(N4CCOCC4)c(-n4c(C)cc(=O)[nH]c4=O)cc3C2)c1N. The Morgan fingerprint density at radius 3 is 2.53 bits per heavy atom. The number of H-pyrrole nitrogens is 1. The highest BCUT2D eigenvalue weighted by Gasteiger charge is 2.27. The number of halogens is 1. The van der Waals surface area contributed by atoms with E-state index in [1.54, 1.807) is 43.3 Å². The molecule has 7 rings (SSSR count). The van der Waals surface area contributed by atoms with Gasteiger partial charge in [0.25, 0.3) is 5.56 Å². The number of aromatic amines is 1. The Kier molecular flexibility index (Phi) is 7.57. The summed E-state index contributed by atoms with van der Waals surface area (Å²) in [5.41, 5.74) is 11.4. The maximum Gasteiger partial charge on any atom is 0.333 e. The maximum absolute atomic E-state index is 14.1. The van der Waals surface area contributed by atoms with Gasteiger partial charge in [0.1, 0.15) is 11.6 Å². The number of nitrogens with two attached hydrogens (primary N) is 1. The lowest BCUT2D eigenvalue weighted by atomic mass is 10.0. The van der Waals surface area contributed by atoms with Gasteiger partial charge < -0.3 is 20.1 Å². The fraction of sp³-hybridized carbons (Fsp3) is 0.200. The van der Waals surface area contributed by atoms with Gasteiger partial charge in [-0.1, -0.05) is 12.1 Å². The molecule has 12 heteroatoms. The van der Waals surface area contributed by atoms with Gasteiger partial charge in [0.05, 0.1) is 42.0 Å². The van der Waals surface area contributed by atoms with Crippen LogP contribution in [0.3, 0.4) is 0 Å². The molecule has 0 bridgehead atoms. The summed E-state index contributed by atoms with van der Waals surface area (Å²) >= 11 is 0. The monoisotopic (exact) mass is 634 g/mol. The summed E-state index contributed by atoms with van der Waals surface area (Å²) in [6.07, 6.45) is 3.64. The fourth-order valence-electron chi connectivity index (χ4n) is 6.14. The number of anilines is 2. The highest BCUT2D eigenvalue weighted by Crippen LogP contribution is 2.36. The number of carbonyl (C=O) groups is 1. The Morgan fingerprint density at radius 1 is 1.00 bits per heavy atom. The van der Waals surface area contributed by atoms with Crippen LogP contribution in [0.2, 0.25) is 0 Å². The third-order valence-corrected chi connectivity index (χ3v) is 8.47. The lowest BCUT2D eigenvalue weighted by Gasteiger charge is -2.31. The molecule has 0 amide bonds. The Bertz CT molecular complexity index is 2210. The summed E-state index contributed by atoms with van der Waals surface area (Å²) in [5.74, 6) is 0.0206. The molecule has 1 aliphatic heterocycles. The fourth-order valence-corrected chi connectivity index (χ4v) is 6.14. The molecule has 0 saturated carbocycles. The molecule has 5 aromatic rings. The molecule has 3 aromatic carbocycles. The first-order valence-electron chi connectivity index (χ1n) is 15.1. The minimum atomic E-state index is -0.533. The van der Waals surface area contributed by atoms with E-state index in [9.17, 15) is 18.8 Å². The van der Waals surface area contributed by atoms with E-state index >= 15 is 0 Å². The van der Waals surface area contributed by atoms with Crippen molar-refractivity contribution >= 4 is 23.4 Å². The minimum absolute atomic E-state index is 0.113. The molecule has 0 atom stereocenters. The van der Waals surface area contributed by atoms with E-state index in [1.807, 2.05) is 25.1 Å². The molecule has 1 saturated heterocycles. The van der Waals surface area contributed by atoms with Crippen LogP contribution in [-0.4, -0.2) is 51.4 Å². The van der Waals surface area contributed by atoms with E-state index in [0.717, 1.165) is 22.4 Å². The van der Waals surface area contributed by atoms with Crippen molar-refractivity contribution in [2.75, 3.05) is 36.9 Å². The van der Waals surface area contributed by atoms with Crippen molar-refractivity contribution in [1.29, 1.82) is 0 Å². The van der Waals surface area contributed by atoms with Crippen molar-refractivity contribution < 1.29 is 18.7 Å². The molecule has 3 N–H and O–H groups in total. The van der Waals surface area contributed by atoms with E-state index in [2.05, 4.69) is 15.0 Å². The number of Topliss-reactive ketones (excluding diaryl/α,β-unsaturated/α-hetero) is 1. The van der Waals surface area contributed by atoms with Crippen molar-refractivity contribution in [3.63, 3.8) is 0 Å². The third kappa shape index (κ3) is 5.52. The predicted octanol–water partition coefficient (Wildman–Crippen LogP) is 4.50. The topological polar surface area (TPSA) is 137 Å². The molecule has 238 valence electrons. The summed E-state index contributed by atoms with van der Waals surface area (Å²) in [6, 6.07) is 16.6. The van der Waals surface area contributed by atoms with Gasteiger partial charge in [0.15, 0.2) is 17.3 Å². The number of benzene rings is 3. The number of para-hydroxylation sites is 1. The van der Waals surface area contributed by atoms with Crippen molar-refractivity contribution in [2.45, 2.75) is 20.3 Å². The van der Waals surface area contributed by atoms with Crippen molar-refractivity contribution in [3.8, 4) is 22.9 Å². The van der Waals surface area contributed by atoms with Crippen LogP contribution >= 0.6 is 0 Å². The number of aryl methyl sites for hydroxylation is 2.